The summed E-state index contributed by atoms with van der Waals surface area (Å²) in [6.45, 7) is 8.65. The van der Waals surface area contributed by atoms with Gasteiger partial charge in [-0.25, -0.2) is 4.98 Å². The number of hydrogen-bond acceptors (Lipinski definition) is 6. The van der Waals surface area contributed by atoms with Crippen molar-refractivity contribution in [2.24, 2.45) is 5.41 Å². The van der Waals surface area contributed by atoms with Crippen molar-refractivity contribution in [3.05, 3.63) is 42.0 Å². The van der Waals surface area contributed by atoms with Crippen LogP contribution in [0.1, 0.15) is 50.8 Å². The van der Waals surface area contributed by atoms with Gasteiger partial charge in [0, 0.05) is 13.1 Å². The first-order valence-corrected chi connectivity index (χ1v) is 11.4. The summed E-state index contributed by atoms with van der Waals surface area (Å²) in [6.07, 6.45) is 6.65. The Morgan fingerprint density at radius 1 is 1.34 bits per heavy atom. The van der Waals surface area contributed by atoms with Crippen molar-refractivity contribution in [1.82, 2.24) is 19.3 Å². The molecule has 2 aromatic heterocycles. The Kier molecular flexibility index (Phi) is 4.99. The fourth-order valence-corrected chi connectivity index (χ4v) is 5.78. The van der Waals surface area contributed by atoms with Gasteiger partial charge >= 0.3 is 0 Å². The molecule has 1 saturated carbocycles. The zero-order valence-corrected chi connectivity index (χ0v) is 19.0. The molecule has 1 aromatic carbocycles. The van der Waals surface area contributed by atoms with Gasteiger partial charge < -0.3 is 19.3 Å². The lowest BCUT2D eigenvalue weighted by atomic mass is 9.68. The molecule has 8 nitrogen and oxygen atoms in total. The van der Waals surface area contributed by atoms with E-state index in [1.54, 1.807) is 0 Å². The van der Waals surface area contributed by atoms with Crippen molar-refractivity contribution in [2.45, 2.75) is 71.6 Å². The molecule has 1 saturated heterocycles. The van der Waals surface area contributed by atoms with E-state index in [1.165, 1.54) is 0 Å². The van der Waals surface area contributed by atoms with Gasteiger partial charge in [0.05, 0.1) is 58.7 Å². The first-order chi connectivity index (χ1) is 15.4. The first kappa shape index (κ1) is 21.0. The molecule has 1 N–H and O–H groups in total. The number of nitrogens with zero attached hydrogens (tertiary/aromatic N) is 6. The molecule has 0 radical (unpaired) electrons. The fraction of sp³-hybridized carbons (Fsp3) is 0.542. The third-order valence-corrected chi connectivity index (χ3v) is 7.23. The maximum atomic E-state index is 10.8. The maximum absolute atomic E-state index is 10.8. The van der Waals surface area contributed by atoms with Gasteiger partial charge in [-0.15, -0.1) is 0 Å². The molecular formula is C24H30N6O2. The number of hydrogen-bond donors (Lipinski definition) is 1. The van der Waals surface area contributed by atoms with Crippen molar-refractivity contribution in [3.63, 3.8) is 0 Å². The number of aliphatic hydroxyl groups is 1. The second kappa shape index (κ2) is 7.61. The molecule has 2 fully saturated rings. The molecule has 0 bridgehead atoms. The molecule has 1 aliphatic carbocycles. The molecule has 168 valence electrons. The van der Waals surface area contributed by atoms with Crippen LogP contribution in [0, 0.1) is 23.7 Å². The highest BCUT2D eigenvalue weighted by atomic mass is 16.7. The van der Waals surface area contributed by atoms with Crippen LogP contribution < -0.4 is 4.90 Å². The summed E-state index contributed by atoms with van der Waals surface area (Å²) >= 11 is 0. The van der Waals surface area contributed by atoms with Gasteiger partial charge in [0.1, 0.15) is 0 Å². The zero-order valence-electron chi connectivity index (χ0n) is 19.0. The molecule has 5 rings (SSSR count). The van der Waals surface area contributed by atoms with Crippen LogP contribution in [0.5, 0.6) is 0 Å². The van der Waals surface area contributed by atoms with Crippen LogP contribution >= 0.6 is 0 Å². The van der Waals surface area contributed by atoms with Gasteiger partial charge in [0.15, 0.2) is 0 Å². The number of ether oxygens (including phenoxy) is 1. The molecule has 3 heterocycles. The highest BCUT2D eigenvalue weighted by Gasteiger charge is 2.51. The Balaban J connectivity index is 1.39. The Hall–Kier alpha value is -2.89. The molecule has 2 aliphatic rings. The Labute approximate surface area is 188 Å². The zero-order chi connectivity index (χ0) is 22.5. The van der Waals surface area contributed by atoms with Gasteiger partial charge in [0.25, 0.3) is 0 Å². The van der Waals surface area contributed by atoms with Crippen LogP contribution in [0.4, 0.5) is 5.69 Å². The number of fused-ring (bicyclic) bond motifs is 1. The van der Waals surface area contributed by atoms with Gasteiger partial charge in [0.2, 0.25) is 6.41 Å². The van der Waals surface area contributed by atoms with E-state index in [4.69, 9.17) is 4.74 Å². The predicted octanol–water partition coefficient (Wildman–Crippen LogP) is 3.56. The average molecular weight is 435 g/mol. The minimum Gasteiger partial charge on any atom is -0.351 e. The molecule has 0 amide bonds. The number of anilines is 1. The van der Waals surface area contributed by atoms with E-state index in [-0.39, 0.29) is 11.0 Å². The average Bonchev–Trinajstić information content (AvgIpc) is 3.42. The topological polar surface area (TPSA) is 92.1 Å². The van der Waals surface area contributed by atoms with E-state index in [9.17, 15) is 10.4 Å². The lowest BCUT2D eigenvalue weighted by molar-refractivity contribution is -0.161. The number of aryl methyl sites for hydroxylation is 1. The van der Waals surface area contributed by atoms with Crippen LogP contribution in [-0.4, -0.2) is 43.0 Å². The normalized spacial score (nSPS) is 28.0. The molecule has 32 heavy (non-hydrogen) atoms. The Morgan fingerprint density at radius 2 is 2.19 bits per heavy atom. The molecule has 3 aromatic rings. The third-order valence-electron chi connectivity index (χ3n) is 7.23. The summed E-state index contributed by atoms with van der Waals surface area (Å²) in [5, 5.41) is 24.5. The van der Waals surface area contributed by atoms with Crippen molar-refractivity contribution in [2.75, 3.05) is 11.4 Å². The lowest BCUT2D eigenvalue weighted by Gasteiger charge is -2.43. The van der Waals surface area contributed by atoms with Crippen molar-refractivity contribution >= 4 is 16.7 Å². The van der Waals surface area contributed by atoms with Gasteiger partial charge in [-0.1, -0.05) is 6.92 Å². The summed E-state index contributed by atoms with van der Waals surface area (Å²) in [5.41, 5.74) is 4.12. The first-order valence-electron chi connectivity index (χ1n) is 11.4. The summed E-state index contributed by atoms with van der Waals surface area (Å²) in [5.74, 6) is 0. The van der Waals surface area contributed by atoms with E-state index in [0.717, 1.165) is 61.2 Å². The smallest absolute Gasteiger partial charge is 0.238 e. The van der Waals surface area contributed by atoms with Gasteiger partial charge in [-0.05, 0) is 63.1 Å². The Morgan fingerprint density at radius 3 is 2.94 bits per heavy atom. The van der Waals surface area contributed by atoms with Crippen molar-refractivity contribution in [1.29, 1.82) is 5.26 Å². The lowest BCUT2D eigenvalue weighted by Crippen LogP contribution is -2.45. The van der Waals surface area contributed by atoms with Crippen LogP contribution in [0.2, 0.25) is 0 Å². The molecular weight excluding hydrogens is 404 g/mol. The van der Waals surface area contributed by atoms with Crippen LogP contribution in [0.25, 0.3) is 11.0 Å². The number of nitriles is 1. The summed E-state index contributed by atoms with van der Waals surface area (Å²) < 4.78 is 10.4. The van der Waals surface area contributed by atoms with E-state index in [1.807, 2.05) is 47.2 Å². The highest BCUT2D eigenvalue weighted by Crippen LogP contribution is 2.48. The number of benzene rings is 1. The second-order valence-corrected chi connectivity index (χ2v) is 9.71. The molecule has 0 unspecified atom stereocenters. The minimum absolute atomic E-state index is 0.00704. The standard InChI is InChI=1S/C24H30N6O2/c1-4-30-17(2)21(12-27-30)29-15-24(32-22(29)31)9-5-8-23(3,13-24)14-28-16-26-19-7-6-18(11-25)10-20(19)28/h6-7,10,12,16,22,31H,4-5,8-9,13-15H2,1-3H3/t22-,23+,24+/m1/s1. The minimum atomic E-state index is -0.960. The van der Waals surface area contributed by atoms with Crippen LogP contribution in [0.3, 0.4) is 0 Å². The monoisotopic (exact) mass is 434 g/mol. The quantitative estimate of drug-likeness (QED) is 0.675. The van der Waals surface area contributed by atoms with Gasteiger partial charge in [-0.3, -0.25) is 4.68 Å². The van der Waals surface area contributed by atoms with E-state index in [2.05, 4.69) is 34.6 Å². The van der Waals surface area contributed by atoms with Crippen molar-refractivity contribution in [3.8, 4) is 6.07 Å². The number of aliphatic hydroxyl groups excluding tert-OH is 1. The summed E-state index contributed by atoms with van der Waals surface area (Å²) in [7, 11) is 0. The highest BCUT2D eigenvalue weighted by molar-refractivity contribution is 5.77. The predicted molar refractivity (Wildman–Crippen MR) is 121 cm³/mol. The molecule has 3 atom stereocenters. The van der Waals surface area contributed by atoms with Crippen LogP contribution in [-0.2, 0) is 17.8 Å². The fourth-order valence-electron chi connectivity index (χ4n) is 5.78. The summed E-state index contributed by atoms with van der Waals surface area (Å²) in [4.78, 5) is 6.48. The van der Waals surface area contributed by atoms with Gasteiger partial charge in [-0.2, -0.15) is 10.4 Å². The number of rotatable bonds is 4. The second-order valence-electron chi connectivity index (χ2n) is 9.71. The van der Waals surface area contributed by atoms with Crippen LogP contribution in [0.15, 0.2) is 30.7 Å². The SMILES string of the molecule is CCn1ncc(N2C[C@@]3(CCC[C@](C)(Cn4cnc5ccc(C#N)cc54)C3)O[C@H]2O)c1C. The maximum Gasteiger partial charge on any atom is 0.238 e. The largest absolute Gasteiger partial charge is 0.351 e. The number of imidazole rings is 1. The Bertz CT molecular complexity index is 1190. The van der Waals surface area contributed by atoms with E-state index in [0.29, 0.717) is 12.1 Å². The van der Waals surface area contributed by atoms with E-state index >= 15 is 0 Å². The summed E-state index contributed by atoms with van der Waals surface area (Å²) in [6, 6.07) is 7.85. The van der Waals surface area contributed by atoms with E-state index < -0.39 is 6.41 Å². The molecule has 8 heteroatoms. The third kappa shape index (κ3) is 3.46. The number of aromatic nitrogens is 4. The molecule has 1 aliphatic heterocycles. The van der Waals surface area contributed by atoms with Crippen molar-refractivity contribution < 1.29 is 9.84 Å². The molecule has 1 spiro atoms.